The first-order valence-corrected chi connectivity index (χ1v) is 15.8. The topological polar surface area (TPSA) is 123 Å². The molecule has 4 N–H and O–H groups in total. The number of anilines is 2. The first-order valence-electron chi connectivity index (χ1n) is 14.2. The monoisotopic (exact) mass is 706 g/mol. The summed E-state index contributed by atoms with van der Waals surface area (Å²) in [5, 5.41) is 11.5. The summed E-state index contributed by atoms with van der Waals surface area (Å²) < 4.78 is 1.95. The van der Waals surface area contributed by atoms with Gasteiger partial charge in [-0.25, -0.2) is 9.59 Å². The van der Waals surface area contributed by atoms with E-state index in [1.165, 1.54) is 0 Å². The van der Waals surface area contributed by atoms with Crippen molar-refractivity contribution in [1.29, 1.82) is 0 Å². The van der Waals surface area contributed by atoms with Crippen LogP contribution in [0.3, 0.4) is 0 Å². The third-order valence-electron chi connectivity index (χ3n) is 7.12. The van der Waals surface area contributed by atoms with Crippen LogP contribution in [0.5, 0.6) is 0 Å². The van der Waals surface area contributed by atoms with Crippen LogP contribution in [0.25, 0.3) is 0 Å². The van der Waals surface area contributed by atoms with E-state index in [0.29, 0.717) is 26.2 Å². The number of carbonyl (C=O) groups is 4. The third-order valence-corrected chi connectivity index (χ3v) is 8.17. The van der Waals surface area contributed by atoms with Crippen LogP contribution >= 0.6 is 31.9 Å². The quantitative estimate of drug-likeness (QED) is 0.314. The highest BCUT2D eigenvalue weighted by atomic mass is 79.9. The van der Waals surface area contributed by atoms with Crippen molar-refractivity contribution in [2.45, 2.75) is 58.5 Å². The predicted octanol–water partition coefficient (Wildman–Crippen LogP) is 5.80. The molecule has 2 aliphatic heterocycles. The highest BCUT2D eigenvalue weighted by Gasteiger charge is 2.25. The van der Waals surface area contributed by atoms with Crippen molar-refractivity contribution < 1.29 is 19.2 Å². The molecule has 2 saturated heterocycles. The van der Waals surface area contributed by atoms with Gasteiger partial charge in [-0.2, -0.15) is 0 Å². The highest BCUT2D eigenvalue weighted by molar-refractivity contribution is 9.10. The lowest BCUT2D eigenvalue weighted by Gasteiger charge is -2.33. The molecule has 0 unspecified atom stereocenters. The van der Waals surface area contributed by atoms with Gasteiger partial charge in [-0.15, -0.1) is 0 Å². The Hall–Kier alpha value is -3.12. The van der Waals surface area contributed by atoms with Gasteiger partial charge in [0.25, 0.3) is 0 Å². The maximum absolute atomic E-state index is 12.0. The molecule has 2 heterocycles. The van der Waals surface area contributed by atoms with Crippen molar-refractivity contribution in [1.82, 2.24) is 20.4 Å². The smallest absolute Gasteiger partial charge is 0.319 e. The normalized spacial score (nSPS) is 15.8. The molecule has 2 aromatic rings. The summed E-state index contributed by atoms with van der Waals surface area (Å²) in [6.45, 7) is 8.24. The Labute approximate surface area is 264 Å². The van der Waals surface area contributed by atoms with Gasteiger partial charge in [0.05, 0.1) is 0 Å². The van der Waals surface area contributed by atoms with Gasteiger partial charge < -0.3 is 31.1 Å². The summed E-state index contributed by atoms with van der Waals surface area (Å²) in [5.41, 5.74) is 1.51. The van der Waals surface area contributed by atoms with E-state index in [2.05, 4.69) is 53.1 Å². The Morgan fingerprint density at radius 1 is 0.667 bits per heavy atom. The zero-order chi connectivity index (χ0) is 30.6. The number of likely N-dealkylation sites (tertiary alicyclic amines) is 2. The van der Waals surface area contributed by atoms with Crippen molar-refractivity contribution in [2.24, 2.45) is 5.92 Å². The van der Waals surface area contributed by atoms with E-state index in [1.807, 2.05) is 72.2 Å². The minimum Gasteiger partial charge on any atom is -0.343 e. The van der Waals surface area contributed by atoms with Crippen molar-refractivity contribution >= 4 is 67.1 Å². The number of rotatable bonds is 5. The van der Waals surface area contributed by atoms with Gasteiger partial charge in [-0.3, -0.25) is 9.59 Å². The van der Waals surface area contributed by atoms with Crippen molar-refractivity contribution in [2.75, 3.05) is 36.8 Å². The maximum Gasteiger partial charge on any atom is 0.319 e. The third kappa shape index (κ3) is 11.3. The van der Waals surface area contributed by atoms with Crippen LogP contribution in [0.15, 0.2) is 57.5 Å². The van der Waals surface area contributed by atoms with Gasteiger partial charge >= 0.3 is 12.1 Å². The molecular weight excluding hydrogens is 668 g/mol. The number of benzene rings is 2. The van der Waals surface area contributed by atoms with Crippen LogP contribution in [0.2, 0.25) is 0 Å². The molecule has 42 heavy (non-hydrogen) atoms. The Bertz CT molecular complexity index is 1190. The van der Waals surface area contributed by atoms with E-state index in [1.54, 1.807) is 6.92 Å². The molecule has 10 nitrogen and oxygen atoms in total. The number of amides is 6. The Morgan fingerprint density at radius 2 is 1.02 bits per heavy atom. The molecule has 0 aromatic heterocycles. The molecule has 0 aliphatic carbocycles. The van der Waals surface area contributed by atoms with Crippen LogP contribution in [-0.4, -0.2) is 71.9 Å². The zero-order valence-corrected chi connectivity index (χ0v) is 27.5. The van der Waals surface area contributed by atoms with Gasteiger partial charge in [-0.05, 0) is 74.2 Å². The molecule has 2 aromatic carbocycles. The molecule has 2 fully saturated rings. The second-order valence-corrected chi connectivity index (χ2v) is 12.6. The largest absolute Gasteiger partial charge is 0.343 e. The number of halogens is 2. The van der Waals surface area contributed by atoms with E-state index >= 15 is 0 Å². The van der Waals surface area contributed by atoms with E-state index in [-0.39, 0.29) is 41.9 Å². The fourth-order valence-electron chi connectivity index (χ4n) is 4.72. The predicted molar refractivity (Wildman–Crippen MR) is 172 cm³/mol. The molecule has 228 valence electrons. The first-order chi connectivity index (χ1) is 20.0. The van der Waals surface area contributed by atoms with Gasteiger partial charge in [0.2, 0.25) is 11.8 Å². The summed E-state index contributed by atoms with van der Waals surface area (Å²) in [4.78, 5) is 50.7. The molecule has 0 atom stereocenters. The summed E-state index contributed by atoms with van der Waals surface area (Å²) >= 11 is 6.71. The number of nitrogens with one attached hydrogen (secondary N) is 4. The van der Waals surface area contributed by atoms with E-state index < -0.39 is 0 Å². The van der Waals surface area contributed by atoms with Crippen molar-refractivity contribution in [3.05, 3.63) is 57.5 Å². The Morgan fingerprint density at radius 3 is 1.36 bits per heavy atom. The van der Waals surface area contributed by atoms with Gasteiger partial charge in [0, 0.05) is 71.4 Å². The molecule has 4 rings (SSSR count). The first kappa shape index (κ1) is 33.4. The number of hydrogen-bond acceptors (Lipinski definition) is 4. The van der Waals surface area contributed by atoms with Crippen LogP contribution in [0.4, 0.5) is 21.0 Å². The molecule has 12 heteroatoms. The lowest BCUT2D eigenvalue weighted by Crippen LogP contribution is -2.48. The second kappa shape index (κ2) is 16.5. The van der Waals surface area contributed by atoms with Crippen LogP contribution in [0, 0.1) is 5.92 Å². The lowest BCUT2D eigenvalue weighted by molar-refractivity contribution is -0.135. The van der Waals surface area contributed by atoms with Crippen molar-refractivity contribution in [3.8, 4) is 0 Å². The van der Waals surface area contributed by atoms with Crippen molar-refractivity contribution in [3.63, 3.8) is 0 Å². The van der Waals surface area contributed by atoms with Gasteiger partial charge in [-0.1, -0.05) is 45.7 Å². The minimum atomic E-state index is -0.200. The van der Waals surface area contributed by atoms with E-state index in [9.17, 15) is 19.2 Å². The van der Waals surface area contributed by atoms with Gasteiger partial charge in [0.15, 0.2) is 0 Å². The molecule has 0 saturated carbocycles. The van der Waals surface area contributed by atoms with Crippen LogP contribution in [-0.2, 0) is 9.59 Å². The fraction of sp³-hybridized carbons (Fsp3) is 0.467. The minimum absolute atomic E-state index is 0.0326. The SMILES string of the molecule is CC(=O)N1CCC(NC(=O)Nc2ccc(Br)cc2)CC1.CC(C)C(=O)N1CCC(NC(=O)Nc2ccc(Br)cc2)CC1. The number of urea groups is 2. The summed E-state index contributed by atoms with van der Waals surface area (Å²) in [6.07, 6.45) is 3.19. The number of piperidine rings is 2. The van der Waals surface area contributed by atoms with Gasteiger partial charge in [0.1, 0.15) is 0 Å². The molecule has 0 spiro atoms. The van der Waals surface area contributed by atoms with Crippen LogP contribution in [0.1, 0.15) is 46.5 Å². The Balaban J connectivity index is 0.000000231. The molecule has 2 aliphatic rings. The lowest BCUT2D eigenvalue weighted by atomic mass is 10.0. The Kier molecular flexibility index (Phi) is 13.1. The molecule has 0 radical (unpaired) electrons. The van der Waals surface area contributed by atoms with Crippen LogP contribution < -0.4 is 21.3 Å². The highest BCUT2D eigenvalue weighted by Crippen LogP contribution is 2.17. The fourth-order valence-corrected chi connectivity index (χ4v) is 5.25. The molecule has 0 bridgehead atoms. The van der Waals surface area contributed by atoms with E-state index in [4.69, 9.17) is 0 Å². The summed E-state index contributed by atoms with van der Waals surface area (Å²) in [5.74, 6) is 0.325. The standard InChI is InChI=1S/C16H22BrN3O2.C14H18BrN3O2/c1-11(2)15(21)20-9-7-14(8-10-20)19-16(22)18-13-5-3-12(17)4-6-13;1-10(19)18-8-6-13(7-9-18)17-14(20)16-12-4-2-11(15)3-5-12/h3-6,11,14H,7-10H2,1-2H3,(H2,18,19,22);2-5,13H,6-9H2,1H3,(H2,16,17,20). The number of carbonyl (C=O) groups excluding carboxylic acids is 4. The second-order valence-electron chi connectivity index (χ2n) is 10.7. The average Bonchev–Trinajstić information content (AvgIpc) is 2.96. The summed E-state index contributed by atoms with van der Waals surface area (Å²) in [6, 6.07) is 14.7. The maximum atomic E-state index is 12.0. The number of nitrogens with zero attached hydrogens (tertiary/aromatic N) is 2. The number of hydrogen-bond donors (Lipinski definition) is 4. The average molecular weight is 708 g/mol. The van der Waals surface area contributed by atoms with E-state index in [0.717, 1.165) is 46.0 Å². The molecular formula is C30H40Br2N6O4. The zero-order valence-electron chi connectivity index (χ0n) is 24.3. The summed E-state index contributed by atoms with van der Waals surface area (Å²) in [7, 11) is 0. The molecule has 6 amide bonds.